The van der Waals surface area contributed by atoms with Crippen LogP contribution in [0.2, 0.25) is 0 Å². The Balaban J connectivity index is 1.43. The van der Waals surface area contributed by atoms with E-state index in [2.05, 4.69) is 41.3 Å². The fraction of sp³-hybridized carbons (Fsp3) is 0.438. The highest BCUT2D eigenvalue weighted by Gasteiger charge is 2.17. The van der Waals surface area contributed by atoms with E-state index in [-0.39, 0.29) is 0 Å². The Morgan fingerprint density at radius 2 is 2.10 bits per heavy atom. The molecule has 1 N–H and O–H groups in total. The Morgan fingerprint density at radius 3 is 2.95 bits per heavy atom. The van der Waals surface area contributed by atoms with Crippen LogP contribution in [0.5, 0.6) is 0 Å². The van der Waals surface area contributed by atoms with E-state index in [9.17, 15) is 0 Å². The molecule has 0 bridgehead atoms. The summed E-state index contributed by atoms with van der Waals surface area (Å²) in [7, 11) is 0. The largest absolute Gasteiger partial charge is 0.465 e. The predicted molar refractivity (Wildman–Crippen MR) is 76.3 cm³/mol. The lowest BCUT2D eigenvalue weighted by molar-refractivity contribution is -0.908. The molecule has 2 aliphatic rings. The Labute approximate surface area is 119 Å². The molecule has 0 aliphatic carbocycles. The van der Waals surface area contributed by atoms with Crippen molar-refractivity contribution in [2.45, 2.75) is 19.4 Å². The average molecular weight is 271 g/mol. The molecule has 20 heavy (non-hydrogen) atoms. The zero-order chi connectivity index (χ0) is 13.6. The molecule has 1 aromatic rings. The fourth-order valence-electron chi connectivity index (χ4n) is 2.55. The molecular weight excluding hydrogens is 252 g/mol. The summed E-state index contributed by atoms with van der Waals surface area (Å²) in [4.78, 5) is 6.38. The molecule has 4 nitrogen and oxygen atoms in total. The first kappa shape index (κ1) is 13.0. The van der Waals surface area contributed by atoms with E-state index >= 15 is 0 Å². The van der Waals surface area contributed by atoms with Gasteiger partial charge in [-0.1, -0.05) is 35.3 Å². The first-order valence-corrected chi connectivity index (χ1v) is 7.09. The van der Waals surface area contributed by atoms with Crippen LogP contribution >= 0.6 is 0 Å². The maximum Gasteiger partial charge on any atom is 0.230 e. The van der Waals surface area contributed by atoms with E-state index in [1.54, 1.807) is 0 Å². The summed E-state index contributed by atoms with van der Waals surface area (Å²) in [5.41, 5.74) is 2.95. The number of fused-ring (bicyclic) bond motifs is 1. The smallest absolute Gasteiger partial charge is 0.230 e. The van der Waals surface area contributed by atoms with Gasteiger partial charge in [0.05, 0.1) is 13.0 Å². The van der Waals surface area contributed by atoms with Crippen LogP contribution in [-0.2, 0) is 22.5 Å². The highest BCUT2D eigenvalue weighted by molar-refractivity contribution is 5.76. The van der Waals surface area contributed by atoms with Crippen molar-refractivity contribution in [3.63, 3.8) is 0 Å². The standard InChI is InChI=1S/C16H18N2O2/c1-2-6-15-13-18(10-7-14(15)5-1)9-3-4-11-19-16-8-12-20-17-16/h1-2,5-6H,7-13H2/p+1. The highest BCUT2D eigenvalue weighted by Crippen LogP contribution is 2.10. The molecule has 0 saturated heterocycles. The maximum atomic E-state index is 5.39. The number of nitrogens with one attached hydrogen (secondary N) is 1. The minimum Gasteiger partial charge on any atom is -0.465 e. The molecule has 0 aromatic heterocycles. The van der Waals surface area contributed by atoms with Gasteiger partial charge < -0.3 is 14.5 Å². The summed E-state index contributed by atoms with van der Waals surface area (Å²) in [5, 5.41) is 3.77. The number of hydrogen-bond donors (Lipinski definition) is 1. The second-order valence-corrected chi connectivity index (χ2v) is 5.08. The van der Waals surface area contributed by atoms with Gasteiger partial charge in [0, 0.05) is 12.0 Å². The first-order chi connectivity index (χ1) is 9.92. The zero-order valence-electron chi connectivity index (χ0n) is 11.5. The number of rotatable bonds is 2. The third-order valence-corrected chi connectivity index (χ3v) is 3.65. The fourth-order valence-corrected chi connectivity index (χ4v) is 2.55. The van der Waals surface area contributed by atoms with Crippen LogP contribution in [-0.4, -0.2) is 32.2 Å². The molecule has 1 aromatic carbocycles. The summed E-state index contributed by atoms with van der Waals surface area (Å²) < 4.78 is 5.39. The third kappa shape index (κ3) is 3.31. The topological polar surface area (TPSA) is 35.3 Å². The summed E-state index contributed by atoms with van der Waals surface area (Å²) in [6.45, 7) is 4.15. The Hall–Kier alpha value is -1.99. The maximum absolute atomic E-state index is 5.39. The molecule has 2 aliphatic heterocycles. The second kappa shape index (κ2) is 6.44. The number of oxime groups is 1. The normalized spacial score (nSPS) is 20.2. The molecule has 2 heterocycles. The lowest BCUT2D eigenvalue weighted by Gasteiger charge is -2.23. The monoisotopic (exact) mass is 271 g/mol. The molecule has 0 saturated carbocycles. The highest BCUT2D eigenvalue weighted by atomic mass is 16.7. The van der Waals surface area contributed by atoms with Gasteiger partial charge in [0.1, 0.15) is 19.7 Å². The molecule has 3 rings (SSSR count). The lowest BCUT2D eigenvalue weighted by Crippen LogP contribution is -3.11. The van der Waals surface area contributed by atoms with Crippen molar-refractivity contribution in [2.75, 3.05) is 26.3 Å². The zero-order valence-corrected chi connectivity index (χ0v) is 11.5. The molecule has 0 amide bonds. The number of benzene rings is 1. The van der Waals surface area contributed by atoms with Crippen LogP contribution in [0.25, 0.3) is 0 Å². The summed E-state index contributed by atoms with van der Waals surface area (Å²) in [5.74, 6) is 6.92. The molecule has 1 atom stereocenters. The van der Waals surface area contributed by atoms with Crippen LogP contribution in [0.1, 0.15) is 17.5 Å². The van der Waals surface area contributed by atoms with Crippen LogP contribution in [0.4, 0.5) is 0 Å². The third-order valence-electron chi connectivity index (χ3n) is 3.65. The van der Waals surface area contributed by atoms with Gasteiger partial charge in [-0.2, -0.15) is 0 Å². The number of hydrogen-bond acceptors (Lipinski definition) is 3. The van der Waals surface area contributed by atoms with Crippen molar-refractivity contribution < 1.29 is 14.5 Å². The minimum absolute atomic E-state index is 0.409. The van der Waals surface area contributed by atoms with E-state index in [1.165, 1.54) is 16.0 Å². The van der Waals surface area contributed by atoms with Gasteiger partial charge >= 0.3 is 0 Å². The van der Waals surface area contributed by atoms with Crippen LogP contribution in [0.15, 0.2) is 29.4 Å². The van der Waals surface area contributed by atoms with Crippen molar-refractivity contribution in [2.24, 2.45) is 5.16 Å². The Kier molecular flexibility index (Phi) is 4.19. The van der Waals surface area contributed by atoms with Gasteiger partial charge in [0.15, 0.2) is 6.61 Å². The van der Waals surface area contributed by atoms with Crippen molar-refractivity contribution in [3.8, 4) is 11.8 Å². The summed E-state index contributed by atoms with van der Waals surface area (Å²) in [6, 6.07) is 8.70. The number of ether oxygens (including phenoxy) is 1. The molecule has 104 valence electrons. The molecule has 4 heteroatoms. The van der Waals surface area contributed by atoms with Crippen LogP contribution < -0.4 is 4.90 Å². The SMILES string of the molecule is C(#CC[NH+]1CCc2ccccc2C1)COC1=NOCC1. The second-order valence-electron chi connectivity index (χ2n) is 5.08. The van der Waals surface area contributed by atoms with Gasteiger partial charge in [-0.3, -0.25) is 0 Å². The van der Waals surface area contributed by atoms with E-state index < -0.39 is 0 Å². The van der Waals surface area contributed by atoms with Crippen LogP contribution in [0.3, 0.4) is 0 Å². The number of nitrogens with zero attached hydrogens (tertiary/aromatic N) is 1. The molecule has 0 spiro atoms. The molecular formula is C16H19N2O2+. The van der Waals surface area contributed by atoms with Crippen molar-refractivity contribution in [3.05, 3.63) is 35.4 Å². The van der Waals surface area contributed by atoms with Gasteiger partial charge in [-0.15, -0.1) is 0 Å². The summed E-state index contributed by atoms with van der Waals surface area (Å²) in [6.07, 6.45) is 1.91. The van der Waals surface area contributed by atoms with E-state index in [4.69, 9.17) is 9.57 Å². The molecule has 0 radical (unpaired) electrons. The first-order valence-electron chi connectivity index (χ1n) is 7.09. The molecule has 0 fully saturated rings. The van der Waals surface area contributed by atoms with Crippen molar-refractivity contribution in [1.82, 2.24) is 0 Å². The van der Waals surface area contributed by atoms with E-state index in [1.807, 2.05) is 0 Å². The number of quaternary nitrogens is 1. The summed E-state index contributed by atoms with van der Waals surface area (Å²) >= 11 is 0. The van der Waals surface area contributed by atoms with Gasteiger partial charge in [-0.05, 0) is 11.5 Å². The molecule has 1 unspecified atom stereocenters. The van der Waals surface area contributed by atoms with Gasteiger partial charge in [0.2, 0.25) is 5.90 Å². The van der Waals surface area contributed by atoms with Gasteiger partial charge in [-0.25, -0.2) is 0 Å². The van der Waals surface area contributed by atoms with Crippen molar-refractivity contribution in [1.29, 1.82) is 0 Å². The Morgan fingerprint density at radius 1 is 1.20 bits per heavy atom. The minimum atomic E-state index is 0.409. The van der Waals surface area contributed by atoms with E-state index in [0.717, 1.165) is 32.5 Å². The average Bonchev–Trinajstić information content (AvgIpc) is 3.00. The van der Waals surface area contributed by atoms with Crippen molar-refractivity contribution >= 4 is 5.90 Å². The van der Waals surface area contributed by atoms with Gasteiger partial charge in [0.25, 0.3) is 0 Å². The predicted octanol–water partition coefficient (Wildman–Crippen LogP) is 0.381. The lowest BCUT2D eigenvalue weighted by atomic mass is 10.0. The van der Waals surface area contributed by atoms with Crippen LogP contribution in [0, 0.1) is 11.8 Å². The van der Waals surface area contributed by atoms with E-state index in [0.29, 0.717) is 19.1 Å². The Bertz CT molecular complexity index is 557. The quantitative estimate of drug-likeness (QED) is 0.789.